The molecule has 3 aromatic rings. The third kappa shape index (κ3) is 4.39. The molecule has 2 aromatic carbocycles. The van der Waals surface area contributed by atoms with Crippen LogP contribution in [0.1, 0.15) is 22.8 Å². The van der Waals surface area contributed by atoms with Gasteiger partial charge in [0.25, 0.3) is 5.91 Å². The molecule has 26 heavy (non-hydrogen) atoms. The van der Waals surface area contributed by atoms with E-state index >= 15 is 0 Å². The molecule has 0 bridgehead atoms. The molecule has 0 spiro atoms. The van der Waals surface area contributed by atoms with Crippen molar-refractivity contribution in [1.29, 1.82) is 0 Å². The Morgan fingerprint density at radius 1 is 1.00 bits per heavy atom. The zero-order valence-electron chi connectivity index (χ0n) is 14.8. The Morgan fingerprint density at radius 3 is 2.38 bits per heavy atom. The molecule has 0 fully saturated rings. The summed E-state index contributed by atoms with van der Waals surface area (Å²) in [4.78, 5) is 16.6. The maximum atomic E-state index is 12.3. The summed E-state index contributed by atoms with van der Waals surface area (Å²) in [5.74, 6) is 1.18. The van der Waals surface area contributed by atoms with Crippen molar-refractivity contribution < 1.29 is 9.53 Å². The average molecular weight is 347 g/mol. The van der Waals surface area contributed by atoms with Gasteiger partial charge >= 0.3 is 0 Å². The lowest BCUT2D eigenvalue weighted by Gasteiger charge is -2.10. The predicted molar refractivity (Wildman–Crippen MR) is 104 cm³/mol. The first-order valence-electron chi connectivity index (χ1n) is 8.48. The van der Waals surface area contributed by atoms with Gasteiger partial charge in [0.05, 0.1) is 18.5 Å². The van der Waals surface area contributed by atoms with Crippen LogP contribution in [0.2, 0.25) is 0 Å². The van der Waals surface area contributed by atoms with Gasteiger partial charge in [0, 0.05) is 11.3 Å². The molecule has 0 unspecified atom stereocenters. The van der Waals surface area contributed by atoms with Gasteiger partial charge in [-0.1, -0.05) is 18.2 Å². The highest BCUT2D eigenvalue weighted by atomic mass is 16.5. The van der Waals surface area contributed by atoms with E-state index in [1.807, 2.05) is 62.4 Å². The van der Waals surface area contributed by atoms with Crippen LogP contribution < -0.4 is 15.4 Å². The number of pyridine rings is 1. The fraction of sp³-hybridized carbons (Fsp3) is 0.143. The van der Waals surface area contributed by atoms with E-state index in [-0.39, 0.29) is 5.91 Å². The molecule has 5 heteroatoms. The molecule has 132 valence electrons. The molecule has 1 aromatic heterocycles. The van der Waals surface area contributed by atoms with Crippen LogP contribution >= 0.6 is 0 Å². The van der Waals surface area contributed by atoms with E-state index < -0.39 is 0 Å². The molecule has 1 amide bonds. The predicted octanol–water partition coefficient (Wildman–Crippen LogP) is 4.78. The monoisotopic (exact) mass is 347 g/mol. The number of hydrogen-bond donors (Lipinski definition) is 2. The molecule has 3 rings (SSSR count). The molecule has 0 saturated heterocycles. The van der Waals surface area contributed by atoms with Crippen molar-refractivity contribution in [2.75, 3.05) is 17.2 Å². The van der Waals surface area contributed by atoms with E-state index in [1.165, 1.54) is 0 Å². The molecule has 0 aliphatic rings. The number of rotatable bonds is 6. The second-order valence-corrected chi connectivity index (χ2v) is 5.78. The first-order valence-corrected chi connectivity index (χ1v) is 8.48. The maximum Gasteiger partial charge on any atom is 0.257 e. The maximum absolute atomic E-state index is 12.3. The smallest absolute Gasteiger partial charge is 0.257 e. The van der Waals surface area contributed by atoms with E-state index in [1.54, 1.807) is 18.3 Å². The summed E-state index contributed by atoms with van der Waals surface area (Å²) in [6, 6.07) is 18.8. The number of ether oxygens (including phenoxy) is 1. The third-order valence-corrected chi connectivity index (χ3v) is 3.85. The highest BCUT2D eigenvalue weighted by Gasteiger charge is 2.09. The number of aryl methyl sites for hydroxylation is 1. The average Bonchev–Trinajstić information content (AvgIpc) is 2.65. The third-order valence-electron chi connectivity index (χ3n) is 3.85. The minimum atomic E-state index is -0.164. The van der Waals surface area contributed by atoms with E-state index in [2.05, 4.69) is 15.6 Å². The van der Waals surface area contributed by atoms with Crippen LogP contribution in [0.5, 0.6) is 5.75 Å². The Kier molecular flexibility index (Phi) is 5.49. The number of carbonyl (C=O) groups excluding carboxylic acids is 1. The van der Waals surface area contributed by atoms with Gasteiger partial charge < -0.3 is 15.4 Å². The normalized spacial score (nSPS) is 10.2. The Labute approximate surface area is 153 Å². The van der Waals surface area contributed by atoms with Crippen molar-refractivity contribution in [3.63, 3.8) is 0 Å². The second-order valence-electron chi connectivity index (χ2n) is 5.78. The molecule has 5 nitrogen and oxygen atoms in total. The van der Waals surface area contributed by atoms with Gasteiger partial charge in [0.2, 0.25) is 0 Å². The Morgan fingerprint density at radius 2 is 1.73 bits per heavy atom. The van der Waals surface area contributed by atoms with Gasteiger partial charge in [-0.25, -0.2) is 4.98 Å². The minimum absolute atomic E-state index is 0.164. The number of benzene rings is 2. The van der Waals surface area contributed by atoms with Gasteiger partial charge in [-0.05, 0) is 61.9 Å². The largest absolute Gasteiger partial charge is 0.494 e. The van der Waals surface area contributed by atoms with Crippen molar-refractivity contribution >= 4 is 23.1 Å². The first kappa shape index (κ1) is 17.5. The van der Waals surface area contributed by atoms with E-state index in [0.717, 1.165) is 22.7 Å². The number of nitrogens with zero attached hydrogens (tertiary/aromatic N) is 1. The summed E-state index contributed by atoms with van der Waals surface area (Å²) < 4.78 is 5.43. The molecule has 0 saturated carbocycles. The summed E-state index contributed by atoms with van der Waals surface area (Å²) in [5, 5.41) is 6.08. The molecule has 0 radical (unpaired) electrons. The topological polar surface area (TPSA) is 63.2 Å². The van der Waals surface area contributed by atoms with E-state index in [0.29, 0.717) is 18.0 Å². The van der Waals surface area contributed by atoms with Crippen LogP contribution in [0.4, 0.5) is 17.2 Å². The van der Waals surface area contributed by atoms with Crippen molar-refractivity contribution in [2.45, 2.75) is 13.8 Å². The molecule has 0 aliphatic heterocycles. The molecule has 1 heterocycles. The molecular weight excluding hydrogens is 326 g/mol. The summed E-state index contributed by atoms with van der Waals surface area (Å²) in [6.07, 6.45) is 1.68. The fourth-order valence-electron chi connectivity index (χ4n) is 2.52. The summed E-state index contributed by atoms with van der Waals surface area (Å²) in [6.45, 7) is 4.51. The van der Waals surface area contributed by atoms with E-state index in [9.17, 15) is 4.79 Å². The standard InChI is InChI=1S/C21H21N3O2/c1-3-26-18-11-8-16(9-12-18)23-17-10-13-20(22-14-17)24-21(25)19-7-5-4-6-15(19)2/h4-14,23H,3H2,1-2H3,(H,22,24,25). The van der Waals surface area contributed by atoms with Crippen molar-refractivity contribution in [3.8, 4) is 5.75 Å². The fourth-order valence-corrected chi connectivity index (χ4v) is 2.52. The zero-order valence-corrected chi connectivity index (χ0v) is 14.8. The Bertz CT molecular complexity index is 875. The van der Waals surface area contributed by atoms with Gasteiger partial charge in [0.15, 0.2) is 0 Å². The van der Waals surface area contributed by atoms with Crippen LogP contribution in [0.15, 0.2) is 66.9 Å². The first-order chi connectivity index (χ1) is 12.7. The van der Waals surface area contributed by atoms with Gasteiger partial charge in [-0.2, -0.15) is 0 Å². The van der Waals surface area contributed by atoms with Crippen molar-refractivity contribution in [1.82, 2.24) is 4.98 Å². The van der Waals surface area contributed by atoms with Gasteiger partial charge in [-0.3, -0.25) is 4.79 Å². The number of anilines is 3. The van der Waals surface area contributed by atoms with Crippen LogP contribution in [-0.4, -0.2) is 17.5 Å². The quantitative estimate of drug-likeness (QED) is 0.673. The highest BCUT2D eigenvalue weighted by Crippen LogP contribution is 2.20. The SMILES string of the molecule is CCOc1ccc(Nc2ccc(NC(=O)c3ccccc3C)nc2)cc1. The minimum Gasteiger partial charge on any atom is -0.494 e. The molecule has 0 atom stereocenters. The molecular formula is C21H21N3O2. The lowest BCUT2D eigenvalue weighted by Crippen LogP contribution is -2.14. The number of hydrogen-bond acceptors (Lipinski definition) is 4. The lowest BCUT2D eigenvalue weighted by atomic mass is 10.1. The lowest BCUT2D eigenvalue weighted by molar-refractivity contribution is 0.102. The Balaban J connectivity index is 1.63. The number of amides is 1. The van der Waals surface area contributed by atoms with Gasteiger partial charge in [-0.15, -0.1) is 0 Å². The number of carbonyl (C=O) groups is 1. The number of nitrogens with one attached hydrogen (secondary N) is 2. The zero-order chi connectivity index (χ0) is 18.4. The van der Waals surface area contributed by atoms with Gasteiger partial charge in [0.1, 0.15) is 11.6 Å². The van der Waals surface area contributed by atoms with Crippen LogP contribution in [-0.2, 0) is 0 Å². The molecule has 0 aliphatic carbocycles. The van der Waals surface area contributed by atoms with Crippen molar-refractivity contribution in [2.24, 2.45) is 0 Å². The highest BCUT2D eigenvalue weighted by molar-refractivity contribution is 6.04. The van der Waals surface area contributed by atoms with Crippen LogP contribution in [0, 0.1) is 6.92 Å². The van der Waals surface area contributed by atoms with Crippen LogP contribution in [0.25, 0.3) is 0 Å². The van der Waals surface area contributed by atoms with E-state index in [4.69, 9.17) is 4.74 Å². The summed E-state index contributed by atoms with van der Waals surface area (Å²) in [7, 11) is 0. The van der Waals surface area contributed by atoms with Crippen LogP contribution in [0.3, 0.4) is 0 Å². The molecule has 2 N–H and O–H groups in total. The van der Waals surface area contributed by atoms with Crippen molar-refractivity contribution in [3.05, 3.63) is 78.0 Å². The summed E-state index contributed by atoms with van der Waals surface area (Å²) in [5.41, 5.74) is 3.35. The second kappa shape index (κ2) is 8.16. The Hall–Kier alpha value is -3.34. The number of aromatic nitrogens is 1. The summed E-state index contributed by atoms with van der Waals surface area (Å²) >= 11 is 0.